The van der Waals surface area contributed by atoms with Crippen LogP contribution in [0.5, 0.6) is 0 Å². The summed E-state index contributed by atoms with van der Waals surface area (Å²) >= 11 is 0. The van der Waals surface area contributed by atoms with E-state index in [1.165, 1.54) is 6.42 Å². The first-order valence-electron chi connectivity index (χ1n) is 9.57. The van der Waals surface area contributed by atoms with Crippen LogP contribution >= 0.6 is 12.4 Å². The fraction of sp³-hybridized carbons (Fsp3) is 0.944. The number of amides is 1. The van der Waals surface area contributed by atoms with Crippen LogP contribution in [-0.2, 0) is 9.53 Å². The SMILES string of the molecule is CCC(CC)C(=O)N(CCCN1CCOCC1)C1CCCNC1.Cl. The summed E-state index contributed by atoms with van der Waals surface area (Å²) in [4.78, 5) is 17.6. The molecule has 0 aliphatic carbocycles. The van der Waals surface area contributed by atoms with Gasteiger partial charge in [0.15, 0.2) is 0 Å². The molecule has 0 aromatic carbocycles. The predicted octanol–water partition coefficient (Wildman–Crippen LogP) is 2.15. The largest absolute Gasteiger partial charge is 0.379 e. The average molecular weight is 362 g/mol. The van der Waals surface area contributed by atoms with Crippen molar-refractivity contribution < 1.29 is 9.53 Å². The molecule has 142 valence electrons. The first-order chi connectivity index (χ1) is 11.3. The van der Waals surface area contributed by atoms with E-state index in [9.17, 15) is 4.79 Å². The number of morpholine rings is 1. The van der Waals surface area contributed by atoms with Crippen molar-refractivity contribution in [2.24, 2.45) is 5.92 Å². The number of halogens is 1. The van der Waals surface area contributed by atoms with E-state index in [4.69, 9.17) is 4.74 Å². The minimum absolute atomic E-state index is 0. The molecule has 0 aromatic heterocycles. The number of carbonyl (C=O) groups excluding carboxylic acids is 1. The Bertz CT molecular complexity index is 341. The maximum atomic E-state index is 13.0. The van der Waals surface area contributed by atoms with Crippen molar-refractivity contribution in [2.75, 3.05) is 52.5 Å². The van der Waals surface area contributed by atoms with Crippen molar-refractivity contribution in [2.45, 2.75) is 52.0 Å². The summed E-state index contributed by atoms with van der Waals surface area (Å²) in [6.07, 6.45) is 5.31. The molecule has 0 spiro atoms. The molecule has 5 nitrogen and oxygen atoms in total. The molecule has 2 aliphatic rings. The van der Waals surface area contributed by atoms with Gasteiger partial charge in [-0.2, -0.15) is 0 Å². The van der Waals surface area contributed by atoms with Crippen LogP contribution in [0.2, 0.25) is 0 Å². The summed E-state index contributed by atoms with van der Waals surface area (Å²) in [5.41, 5.74) is 0. The van der Waals surface area contributed by atoms with Crippen LogP contribution in [0.25, 0.3) is 0 Å². The smallest absolute Gasteiger partial charge is 0.225 e. The van der Waals surface area contributed by atoms with Crippen LogP contribution in [-0.4, -0.2) is 74.2 Å². The molecule has 0 bridgehead atoms. The van der Waals surface area contributed by atoms with Gasteiger partial charge in [-0.05, 0) is 38.6 Å². The van der Waals surface area contributed by atoms with E-state index in [0.29, 0.717) is 11.9 Å². The molecule has 1 atom stereocenters. The first-order valence-corrected chi connectivity index (χ1v) is 9.57. The third-order valence-electron chi connectivity index (χ3n) is 5.31. The van der Waals surface area contributed by atoms with Crippen molar-refractivity contribution >= 4 is 18.3 Å². The minimum Gasteiger partial charge on any atom is -0.379 e. The van der Waals surface area contributed by atoms with Crippen LogP contribution in [0.1, 0.15) is 46.0 Å². The van der Waals surface area contributed by atoms with Gasteiger partial charge in [0.2, 0.25) is 5.91 Å². The summed E-state index contributed by atoms with van der Waals surface area (Å²) in [7, 11) is 0. The zero-order valence-corrected chi connectivity index (χ0v) is 16.3. The lowest BCUT2D eigenvalue weighted by molar-refractivity contribution is -0.138. The number of hydrogen-bond donors (Lipinski definition) is 1. The fourth-order valence-corrected chi connectivity index (χ4v) is 3.73. The van der Waals surface area contributed by atoms with Crippen molar-refractivity contribution in [1.29, 1.82) is 0 Å². The van der Waals surface area contributed by atoms with E-state index >= 15 is 0 Å². The molecule has 2 saturated heterocycles. The third-order valence-corrected chi connectivity index (χ3v) is 5.31. The molecule has 1 amide bonds. The summed E-state index contributed by atoms with van der Waals surface area (Å²) in [5, 5.41) is 3.46. The van der Waals surface area contributed by atoms with E-state index in [0.717, 1.165) is 78.2 Å². The van der Waals surface area contributed by atoms with Crippen LogP contribution in [0.3, 0.4) is 0 Å². The van der Waals surface area contributed by atoms with Gasteiger partial charge in [0.1, 0.15) is 0 Å². The molecule has 0 saturated carbocycles. The van der Waals surface area contributed by atoms with Crippen LogP contribution in [0.15, 0.2) is 0 Å². The Morgan fingerprint density at radius 3 is 2.58 bits per heavy atom. The zero-order valence-electron chi connectivity index (χ0n) is 15.5. The Morgan fingerprint density at radius 1 is 1.29 bits per heavy atom. The molecule has 0 radical (unpaired) electrons. The van der Waals surface area contributed by atoms with Crippen molar-refractivity contribution in [3.8, 4) is 0 Å². The normalized spacial score (nSPS) is 22.2. The highest BCUT2D eigenvalue weighted by atomic mass is 35.5. The van der Waals surface area contributed by atoms with Gasteiger partial charge in [-0.25, -0.2) is 0 Å². The first kappa shape index (κ1) is 21.7. The number of nitrogens with one attached hydrogen (secondary N) is 1. The predicted molar refractivity (Wildman–Crippen MR) is 101 cm³/mol. The Labute approximate surface area is 153 Å². The molecule has 1 unspecified atom stereocenters. The molecule has 24 heavy (non-hydrogen) atoms. The standard InChI is InChI=1S/C18H35N3O2.ClH/c1-3-16(4-2)18(22)21(17-7-5-8-19-15-17)10-6-9-20-11-13-23-14-12-20;/h16-17,19H,3-15H2,1-2H3;1H. The number of rotatable bonds is 8. The van der Waals surface area contributed by atoms with E-state index in [2.05, 4.69) is 29.0 Å². The second-order valence-electron chi connectivity index (χ2n) is 6.85. The summed E-state index contributed by atoms with van der Waals surface area (Å²) < 4.78 is 5.41. The second kappa shape index (κ2) is 12.1. The molecule has 6 heteroatoms. The van der Waals surface area contributed by atoms with Crippen LogP contribution in [0.4, 0.5) is 0 Å². The minimum atomic E-state index is 0. The quantitative estimate of drug-likeness (QED) is 0.719. The summed E-state index contributed by atoms with van der Waals surface area (Å²) in [6.45, 7) is 12.1. The summed E-state index contributed by atoms with van der Waals surface area (Å²) in [6, 6.07) is 0.390. The van der Waals surface area contributed by atoms with Crippen LogP contribution in [0, 0.1) is 5.92 Å². The van der Waals surface area contributed by atoms with Gasteiger partial charge < -0.3 is 15.0 Å². The van der Waals surface area contributed by atoms with Crippen molar-refractivity contribution in [1.82, 2.24) is 15.1 Å². The lowest BCUT2D eigenvalue weighted by Gasteiger charge is -2.37. The second-order valence-corrected chi connectivity index (χ2v) is 6.85. The van der Waals surface area contributed by atoms with Gasteiger partial charge in [0.05, 0.1) is 13.2 Å². The van der Waals surface area contributed by atoms with E-state index in [1.54, 1.807) is 0 Å². The van der Waals surface area contributed by atoms with Gasteiger partial charge in [0.25, 0.3) is 0 Å². The van der Waals surface area contributed by atoms with Gasteiger partial charge in [-0.15, -0.1) is 12.4 Å². The lowest BCUT2D eigenvalue weighted by Crippen LogP contribution is -2.51. The monoisotopic (exact) mass is 361 g/mol. The highest BCUT2D eigenvalue weighted by Gasteiger charge is 2.28. The van der Waals surface area contributed by atoms with E-state index in [-0.39, 0.29) is 18.3 Å². The topological polar surface area (TPSA) is 44.8 Å². The van der Waals surface area contributed by atoms with Gasteiger partial charge in [0, 0.05) is 44.7 Å². The number of ether oxygens (including phenoxy) is 1. The Morgan fingerprint density at radius 2 is 2.00 bits per heavy atom. The van der Waals surface area contributed by atoms with Gasteiger partial charge in [-0.1, -0.05) is 13.8 Å². The maximum Gasteiger partial charge on any atom is 0.225 e. The Balaban J connectivity index is 0.00000288. The fourth-order valence-electron chi connectivity index (χ4n) is 3.73. The molecule has 2 aliphatic heterocycles. The Hall–Kier alpha value is -0.360. The maximum absolute atomic E-state index is 13.0. The van der Waals surface area contributed by atoms with Crippen LogP contribution < -0.4 is 5.32 Å². The lowest BCUT2D eigenvalue weighted by atomic mass is 9.98. The highest BCUT2D eigenvalue weighted by molar-refractivity contribution is 5.85. The van der Waals surface area contributed by atoms with E-state index < -0.39 is 0 Å². The molecule has 1 N–H and O–H groups in total. The number of piperidine rings is 1. The molecule has 2 fully saturated rings. The number of nitrogens with zero attached hydrogens (tertiary/aromatic N) is 2. The molecular formula is C18H36ClN3O2. The molecule has 0 aromatic rings. The van der Waals surface area contributed by atoms with E-state index in [1.807, 2.05) is 0 Å². The zero-order chi connectivity index (χ0) is 16.5. The molecule has 2 heterocycles. The molecular weight excluding hydrogens is 326 g/mol. The van der Waals surface area contributed by atoms with Crippen molar-refractivity contribution in [3.05, 3.63) is 0 Å². The summed E-state index contributed by atoms with van der Waals surface area (Å²) in [5.74, 6) is 0.575. The van der Waals surface area contributed by atoms with Crippen molar-refractivity contribution in [3.63, 3.8) is 0 Å². The number of hydrogen-bond acceptors (Lipinski definition) is 4. The van der Waals surface area contributed by atoms with Gasteiger partial charge in [-0.3, -0.25) is 9.69 Å². The van der Waals surface area contributed by atoms with Gasteiger partial charge >= 0.3 is 0 Å². The highest BCUT2D eigenvalue weighted by Crippen LogP contribution is 2.18. The number of carbonyl (C=O) groups is 1. The average Bonchev–Trinajstić information content (AvgIpc) is 2.61. The third kappa shape index (κ3) is 6.51. The Kier molecular flexibility index (Phi) is 10.9. The molecule has 2 rings (SSSR count).